The maximum Gasteiger partial charge on any atom is 0.337 e. The molecule has 0 aromatic heterocycles. The normalized spacial score (nSPS) is 17.1. The highest BCUT2D eigenvalue weighted by Gasteiger charge is 2.18. The molecule has 0 radical (unpaired) electrons. The summed E-state index contributed by atoms with van der Waals surface area (Å²) in [5.41, 5.74) is 6.97. The number of hydrogen-bond acceptors (Lipinski definition) is 4. The summed E-state index contributed by atoms with van der Waals surface area (Å²) in [5.74, 6) is -0.982. The van der Waals surface area contributed by atoms with Crippen molar-refractivity contribution in [3.63, 3.8) is 0 Å². The van der Waals surface area contributed by atoms with Crippen LogP contribution < -0.4 is 11.1 Å². The predicted molar refractivity (Wildman–Crippen MR) is 81.2 cm³/mol. The minimum atomic E-state index is -0.982. The van der Waals surface area contributed by atoms with Gasteiger partial charge in [-0.2, -0.15) is 0 Å². The zero-order valence-electron chi connectivity index (χ0n) is 11.9. The van der Waals surface area contributed by atoms with Gasteiger partial charge < -0.3 is 21.1 Å². The Morgan fingerprint density at radius 2 is 2.15 bits per heavy atom. The van der Waals surface area contributed by atoms with Crippen molar-refractivity contribution in [1.29, 1.82) is 0 Å². The van der Waals surface area contributed by atoms with Crippen molar-refractivity contribution in [3.05, 3.63) is 23.8 Å². The maximum absolute atomic E-state index is 11.1. The molecule has 1 aromatic carbocycles. The summed E-state index contributed by atoms with van der Waals surface area (Å²) in [6.45, 7) is 5.57. The van der Waals surface area contributed by atoms with E-state index in [0.717, 1.165) is 38.2 Å². The first-order valence-electron chi connectivity index (χ1n) is 7.22. The molecule has 1 heterocycles. The fraction of sp³-hybridized carbons (Fsp3) is 0.533. The molecule has 0 spiro atoms. The lowest BCUT2D eigenvalue weighted by atomic mass is 10.0. The van der Waals surface area contributed by atoms with Crippen LogP contribution in [-0.2, 0) is 0 Å². The maximum atomic E-state index is 11.1. The van der Waals surface area contributed by atoms with Crippen molar-refractivity contribution in [2.45, 2.75) is 32.2 Å². The lowest BCUT2D eigenvalue weighted by molar-refractivity contribution is 0.0698. The van der Waals surface area contributed by atoms with Crippen molar-refractivity contribution in [2.24, 2.45) is 0 Å². The second-order valence-corrected chi connectivity index (χ2v) is 5.37. The number of anilines is 2. The SMILES string of the molecule is CCCN1CCC(Nc2ccc(N)c(C(=O)O)c2)CC1. The first-order chi connectivity index (χ1) is 9.60. The van der Waals surface area contributed by atoms with E-state index in [-0.39, 0.29) is 5.56 Å². The molecule has 2 rings (SSSR count). The Bertz CT molecular complexity index is 468. The second kappa shape index (κ2) is 6.61. The smallest absolute Gasteiger partial charge is 0.337 e. The molecule has 0 unspecified atom stereocenters. The van der Waals surface area contributed by atoms with Gasteiger partial charge in [-0.15, -0.1) is 0 Å². The minimum absolute atomic E-state index is 0.165. The number of nitrogen functional groups attached to an aromatic ring is 1. The van der Waals surface area contributed by atoms with Gasteiger partial charge in [0, 0.05) is 30.5 Å². The molecular weight excluding hydrogens is 254 g/mol. The molecule has 20 heavy (non-hydrogen) atoms. The van der Waals surface area contributed by atoms with Crippen LogP contribution >= 0.6 is 0 Å². The summed E-state index contributed by atoms with van der Waals surface area (Å²) in [7, 11) is 0. The monoisotopic (exact) mass is 277 g/mol. The van der Waals surface area contributed by atoms with Crippen molar-refractivity contribution in [3.8, 4) is 0 Å². The van der Waals surface area contributed by atoms with Gasteiger partial charge in [-0.3, -0.25) is 0 Å². The van der Waals surface area contributed by atoms with E-state index >= 15 is 0 Å². The number of carboxylic acid groups (broad SMARTS) is 1. The molecule has 4 N–H and O–H groups in total. The van der Waals surface area contributed by atoms with E-state index in [4.69, 9.17) is 10.8 Å². The summed E-state index contributed by atoms with van der Waals surface area (Å²) in [5, 5.41) is 12.5. The zero-order valence-corrected chi connectivity index (χ0v) is 11.9. The fourth-order valence-corrected chi connectivity index (χ4v) is 2.68. The number of nitrogens with one attached hydrogen (secondary N) is 1. The third-order valence-electron chi connectivity index (χ3n) is 3.78. The molecule has 1 aromatic rings. The molecule has 0 atom stereocenters. The Balaban J connectivity index is 1.94. The Labute approximate surface area is 119 Å². The van der Waals surface area contributed by atoms with Crippen molar-refractivity contribution in [2.75, 3.05) is 30.7 Å². The first kappa shape index (κ1) is 14.7. The van der Waals surface area contributed by atoms with Gasteiger partial charge >= 0.3 is 5.97 Å². The van der Waals surface area contributed by atoms with Crippen LogP contribution in [0.2, 0.25) is 0 Å². The highest BCUT2D eigenvalue weighted by atomic mass is 16.4. The third-order valence-corrected chi connectivity index (χ3v) is 3.78. The fourth-order valence-electron chi connectivity index (χ4n) is 2.68. The summed E-state index contributed by atoms with van der Waals surface area (Å²) in [4.78, 5) is 13.5. The van der Waals surface area contributed by atoms with Gasteiger partial charge in [0.1, 0.15) is 0 Å². The van der Waals surface area contributed by atoms with Gasteiger partial charge in [-0.1, -0.05) is 6.92 Å². The standard InChI is InChI=1S/C15H23N3O2/c1-2-7-18-8-5-11(6-9-18)17-12-3-4-14(16)13(10-12)15(19)20/h3-4,10-11,17H,2,5-9,16H2,1H3,(H,19,20). The lowest BCUT2D eigenvalue weighted by Gasteiger charge is -2.32. The van der Waals surface area contributed by atoms with Crippen LogP contribution in [0.1, 0.15) is 36.5 Å². The molecule has 110 valence electrons. The van der Waals surface area contributed by atoms with Gasteiger partial charge in [-0.05, 0) is 44.0 Å². The molecule has 1 fully saturated rings. The van der Waals surface area contributed by atoms with E-state index in [0.29, 0.717) is 11.7 Å². The van der Waals surface area contributed by atoms with Gasteiger partial charge in [0.05, 0.1) is 5.56 Å². The number of rotatable bonds is 5. The predicted octanol–water partition coefficient (Wildman–Crippen LogP) is 2.25. The molecule has 0 bridgehead atoms. The summed E-state index contributed by atoms with van der Waals surface area (Å²) in [6, 6.07) is 5.53. The Kier molecular flexibility index (Phi) is 4.84. The van der Waals surface area contributed by atoms with E-state index in [1.54, 1.807) is 12.1 Å². The quantitative estimate of drug-likeness (QED) is 0.719. The van der Waals surface area contributed by atoms with Crippen LogP contribution in [0.4, 0.5) is 11.4 Å². The summed E-state index contributed by atoms with van der Waals surface area (Å²) < 4.78 is 0. The number of likely N-dealkylation sites (tertiary alicyclic amines) is 1. The van der Waals surface area contributed by atoms with Crippen molar-refractivity contribution in [1.82, 2.24) is 4.90 Å². The van der Waals surface area contributed by atoms with E-state index in [1.807, 2.05) is 6.07 Å². The van der Waals surface area contributed by atoms with E-state index in [2.05, 4.69) is 17.1 Å². The molecule has 0 aliphatic carbocycles. The molecule has 5 nitrogen and oxygen atoms in total. The number of aromatic carboxylic acids is 1. The summed E-state index contributed by atoms with van der Waals surface area (Å²) >= 11 is 0. The van der Waals surface area contributed by atoms with E-state index < -0.39 is 5.97 Å². The number of carbonyl (C=O) groups is 1. The molecular formula is C15H23N3O2. The van der Waals surface area contributed by atoms with Crippen LogP contribution in [0, 0.1) is 0 Å². The largest absolute Gasteiger partial charge is 0.478 e. The summed E-state index contributed by atoms with van der Waals surface area (Å²) in [6.07, 6.45) is 3.37. The number of nitrogens with two attached hydrogens (primary N) is 1. The van der Waals surface area contributed by atoms with Crippen LogP contribution in [0.25, 0.3) is 0 Å². The van der Waals surface area contributed by atoms with Crippen LogP contribution in [-0.4, -0.2) is 41.7 Å². The molecule has 1 aliphatic heterocycles. The highest BCUT2D eigenvalue weighted by molar-refractivity contribution is 5.94. The molecule has 1 saturated heterocycles. The molecule has 0 amide bonds. The van der Waals surface area contributed by atoms with E-state index in [1.165, 1.54) is 6.42 Å². The number of benzene rings is 1. The Morgan fingerprint density at radius 1 is 1.45 bits per heavy atom. The lowest BCUT2D eigenvalue weighted by Crippen LogP contribution is -2.39. The second-order valence-electron chi connectivity index (χ2n) is 5.37. The number of piperidine rings is 1. The van der Waals surface area contributed by atoms with Crippen LogP contribution in [0.15, 0.2) is 18.2 Å². The van der Waals surface area contributed by atoms with Crippen molar-refractivity contribution >= 4 is 17.3 Å². The third kappa shape index (κ3) is 3.63. The van der Waals surface area contributed by atoms with Gasteiger partial charge in [-0.25, -0.2) is 4.79 Å². The average Bonchev–Trinajstić information content (AvgIpc) is 2.43. The minimum Gasteiger partial charge on any atom is -0.478 e. The Hall–Kier alpha value is -1.75. The molecule has 5 heteroatoms. The Morgan fingerprint density at radius 3 is 2.75 bits per heavy atom. The van der Waals surface area contributed by atoms with Gasteiger partial charge in [0.25, 0.3) is 0 Å². The number of nitrogens with zero attached hydrogens (tertiary/aromatic N) is 1. The van der Waals surface area contributed by atoms with Gasteiger partial charge in [0.15, 0.2) is 0 Å². The highest BCUT2D eigenvalue weighted by Crippen LogP contribution is 2.21. The first-order valence-corrected chi connectivity index (χ1v) is 7.22. The van der Waals surface area contributed by atoms with Crippen LogP contribution in [0.3, 0.4) is 0 Å². The van der Waals surface area contributed by atoms with E-state index in [9.17, 15) is 4.79 Å². The molecule has 0 saturated carbocycles. The molecule has 1 aliphatic rings. The number of carboxylic acids is 1. The van der Waals surface area contributed by atoms with Crippen LogP contribution in [0.5, 0.6) is 0 Å². The topological polar surface area (TPSA) is 78.6 Å². The van der Waals surface area contributed by atoms with Gasteiger partial charge in [0.2, 0.25) is 0 Å². The zero-order chi connectivity index (χ0) is 14.5. The average molecular weight is 277 g/mol. The van der Waals surface area contributed by atoms with Crippen molar-refractivity contribution < 1.29 is 9.90 Å². The number of hydrogen-bond donors (Lipinski definition) is 3.